The zero-order valence-electron chi connectivity index (χ0n) is 7.45. The molecule has 13 heavy (non-hydrogen) atoms. The van der Waals surface area contributed by atoms with Gasteiger partial charge in [-0.15, -0.1) is 0 Å². The Hall–Kier alpha value is -0.541. The molecule has 2 heteroatoms. The van der Waals surface area contributed by atoms with Crippen LogP contribution in [0.3, 0.4) is 0 Å². The monoisotopic (exact) mass is 278 g/mol. The molecule has 64 valence electrons. The Morgan fingerprint density at radius 1 is 1.00 bits per heavy atom. The van der Waals surface area contributed by atoms with Gasteiger partial charge in [-0.25, -0.2) is 0 Å². The van der Waals surface area contributed by atoms with E-state index >= 15 is 0 Å². The van der Waals surface area contributed by atoms with E-state index in [1.54, 1.807) is 7.11 Å². The Morgan fingerprint density at radius 2 is 1.77 bits per heavy atom. The van der Waals surface area contributed by atoms with E-state index in [0.29, 0.717) is 0 Å². The van der Waals surface area contributed by atoms with Crippen molar-refractivity contribution in [1.82, 2.24) is 0 Å². The zero-order chi connectivity index (χ0) is 9.10. The first-order chi connectivity index (χ1) is 6.40. The summed E-state index contributed by atoms with van der Waals surface area (Å²) in [4.78, 5) is 0. The van der Waals surface area contributed by atoms with Crippen molar-refractivity contribution in [3.63, 3.8) is 0 Å². The number of rotatable bonds is 2. The molecule has 2 aromatic carbocycles. The van der Waals surface area contributed by atoms with Gasteiger partial charge in [0.1, 0.15) is 0 Å². The third-order valence-corrected chi connectivity index (χ3v) is 4.11. The van der Waals surface area contributed by atoms with E-state index in [4.69, 9.17) is 3.07 Å². The maximum atomic E-state index is 5.25. The Labute approximate surface area is 88.5 Å². The van der Waals surface area contributed by atoms with Crippen LogP contribution in [0.2, 0.25) is 0 Å². The van der Waals surface area contributed by atoms with Gasteiger partial charge >= 0.3 is 88.6 Å². The van der Waals surface area contributed by atoms with Crippen molar-refractivity contribution in [2.75, 3.05) is 7.11 Å². The normalized spacial score (nSPS) is 10.5. The molecule has 1 nitrogen and oxygen atoms in total. The number of hydrogen-bond acceptors (Lipinski definition) is 1. The van der Waals surface area contributed by atoms with Gasteiger partial charge in [-0.2, -0.15) is 0 Å². The summed E-state index contributed by atoms with van der Waals surface area (Å²) in [5, 5.41) is 2.62. The van der Waals surface area contributed by atoms with Crippen LogP contribution in [0.1, 0.15) is 0 Å². The van der Waals surface area contributed by atoms with Gasteiger partial charge in [0.25, 0.3) is 0 Å². The molecule has 0 bridgehead atoms. The topological polar surface area (TPSA) is 9.23 Å². The fraction of sp³-hybridized carbons (Fsp3) is 0.0909. The summed E-state index contributed by atoms with van der Waals surface area (Å²) < 4.78 is 6.64. The molecule has 0 aliphatic heterocycles. The molecular weight excluding hydrogens is 267 g/mol. The van der Waals surface area contributed by atoms with Gasteiger partial charge in [-0.1, -0.05) is 0 Å². The summed E-state index contributed by atoms with van der Waals surface area (Å²) in [6.45, 7) is 0. The van der Waals surface area contributed by atoms with Gasteiger partial charge in [-0.3, -0.25) is 0 Å². The molecule has 0 N–H and O–H groups in total. The third-order valence-electron chi connectivity index (χ3n) is 1.97. The van der Waals surface area contributed by atoms with Crippen molar-refractivity contribution in [1.29, 1.82) is 0 Å². The first kappa shape index (κ1) is 9.03. The molecule has 0 aliphatic rings. The summed E-state index contributed by atoms with van der Waals surface area (Å²) in [5.74, 6) is 0. The molecule has 2 rings (SSSR count). The summed E-state index contributed by atoms with van der Waals surface area (Å²) >= 11 is -0.752. The van der Waals surface area contributed by atoms with Gasteiger partial charge in [0.15, 0.2) is 0 Å². The van der Waals surface area contributed by atoms with Gasteiger partial charge < -0.3 is 0 Å². The van der Waals surface area contributed by atoms with E-state index in [2.05, 4.69) is 42.5 Å². The molecule has 0 amide bonds. The number of fused-ring (bicyclic) bond motifs is 1. The zero-order valence-corrected chi connectivity index (χ0v) is 10.3. The Kier molecular flexibility index (Phi) is 2.86. The van der Waals surface area contributed by atoms with E-state index in [0.717, 1.165) is 0 Å². The minimum absolute atomic E-state index is 0.752. The van der Waals surface area contributed by atoms with Crippen LogP contribution in [-0.2, 0) is 3.07 Å². The molecule has 0 spiro atoms. The van der Waals surface area contributed by atoms with E-state index in [1.165, 1.54) is 14.4 Å². The van der Waals surface area contributed by atoms with Crippen molar-refractivity contribution >= 4 is 35.9 Å². The van der Waals surface area contributed by atoms with Crippen LogP contribution >= 0.6 is 0 Å². The molecule has 2 radical (unpaired) electrons. The van der Waals surface area contributed by atoms with Crippen LogP contribution in [-0.4, -0.2) is 28.7 Å². The minimum atomic E-state index is -0.752. The van der Waals surface area contributed by atoms with Gasteiger partial charge in [-0.05, 0) is 0 Å². The Bertz CT molecular complexity index is 412. The van der Waals surface area contributed by atoms with Crippen LogP contribution < -0.4 is 3.58 Å². The predicted molar refractivity (Wildman–Crippen MR) is 56.3 cm³/mol. The van der Waals surface area contributed by atoms with Crippen molar-refractivity contribution in [3.05, 3.63) is 42.5 Å². The molecule has 0 fully saturated rings. The van der Waals surface area contributed by atoms with Crippen molar-refractivity contribution in [3.8, 4) is 0 Å². The first-order valence-corrected chi connectivity index (χ1v) is 6.77. The van der Waals surface area contributed by atoms with Gasteiger partial charge in [0.2, 0.25) is 0 Å². The maximum absolute atomic E-state index is 5.25. The fourth-order valence-electron chi connectivity index (χ4n) is 1.37. The van der Waals surface area contributed by atoms with E-state index in [-0.39, 0.29) is 0 Å². The molecule has 0 atom stereocenters. The fourth-order valence-corrected chi connectivity index (χ4v) is 3.09. The number of hydrogen-bond donors (Lipinski definition) is 0. The summed E-state index contributed by atoms with van der Waals surface area (Å²) in [5.41, 5.74) is 0. The molecule has 0 heterocycles. The average molecular weight is 277 g/mol. The van der Waals surface area contributed by atoms with Crippen LogP contribution in [0.15, 0.2) is 42.5 Å². The van der Waals surface area contributed by atoms with Crippen LogP contribution in [0.25, 0.3) is 10.8 Å². The number of benzene rings is 2. The van der Waals surface area contributed by atoms with Gasteiger partial charge in [0.05, 0.1) is 0 Å². The molecule has 2 aromatic rings. The van der Waals surface area contributed by atoms with Crippen LogP contribution in [0, 0.1) is 0 Å². The summed E-state index contributed by atoms with van der Waals surface area (Å²) in [6.07, 6.45) is 0. The second-order valence-electron chi connectivity index (χ2n) is 2.87. The average Bonchev–Trinajstić information content (AvgIpc) is 2.18. The Morgan fingerprint density at radius 3 is 2.54 bits per heavy atom. The Balaban J connectivity index is 2.49. The predicted octanol–water partition coefficient (Wildman–Crippen LogP) is 1.73. The van der Waals surface area contributed by atoms with E-state index in [9.17, 15) is 0 Å². The van der Waals surface area contributed by atoms with Crippen LogP contribution in [0.5, 0.6) is 0 Å². The molecule has 0 aromatic heterocycles. The van der Waals surface area contributed by atoms with Gasteiger partial charge in [0, 0.05) is 0 Å². The molecule has 0 saturated heterocycles. The van der Waals surface area contributed by atoms with Crippen molar-refractivity contribution in [2.45, 2.75) is 0 Å². The molecule has 0 saturated carbocycles. The standard InChI is InChI=1S/C10H7.CH3O.Sn/c1-2-6-10-8-4-3-7-9(10)5-1;1-2;/h1-3,5-8H;1H3;/q;-1;+1. The SMILES string of the molecule is C[O][Sn][c]1ccc2ccccc2c1. The molecule has 0 aliphatic carbocycles. The summed E-state index contributed by atoms with van der Waals surface area (Å²) in [6, 6.07) is 15.0. The third kappa shape index (κ3) is 2.03. The molecular formula is C11H10OSn. The van der Waals surface area contributed by atoms with E-state index < -0.39 is 21.6 Å². The van der Waals surface area contributed by atoms with Crippen molar-refractivity contribution < 1.29 is 3.07 Å². The second-order valence-corrected chi connectivity index (χ2v) is 6.26. The first-order valence-electron chi connectivity index (χ1n) is 4.18. The summed E-state index contributed by atoms with van der Waals surface area (Å²) in [7, 11) is 1.79. The quantitative estimate of drug-likeness (QED) is 0.759. The second kappa shape index (κ2) is 4.11. The van der Waals surface area contributed by atoms with Crippen LogP contribution in [0.4, 0.5) is 0 Å². The van der Waals surface area contributed by atoms with Crippen molar-refractivity contribution in [2.24, 2.45) is 0 Å². The van der Waals surface area contributed by atoms with E-state index in [1.807, 2.05) is 0 Å². The molecule has 0 unspecified atom stereocenters.